The van der Waals surface area contributed by atoms with Gasteiger partial charge in [0.1, 0.15) is 5.75 Å². The van der Waals surface area contributed by atoms with Crippen LogP contribution in [0.25, 0.3) is 0 Å². The van der Waals surface area contributed by atoms with Crippen molar-refractivity contribution in [3.8, 4) is 5.75 Å². The zero-order valence-corrected chi connectivity index (χ0v) is 15.4. The van der Waals surface area contributed by atoms with Crippen LogP contribution < -0.4 is 4.74 Å². The fourth-order valence-corrected chi connectivity index (χ4v) is 4.22. The van der Waals surface area contributed by atoms with Crippen LogP contribution in [0.4, 0.5) is 0 Å². The average Bonchev–Trinajstić information content (AvgIpc) is 3.16. The van der Waals surface area contributed by atoms with E-state index < -0.39 is 5.72 Å². The molecular formula is C24H22N2O. The molecule has 2 heterocycles. The van der Waals surface area contributed by atoms with E-state index in [0.717, 1.165) is 24.3 Å². The molecule has 2 aliphatic rings. The van der Waals surface area contributed by atoms with Crippen molar-refractivity contribution in [2.45, 2.75) is 31.5 Å². The van der Waals surface area contributed by atoms with E-state index in [1.165, 1.54) is 16.7 Å². The van der Waals surface area contributed by atoms with Crippen molar-refractivity contribution in [2.75, 3.05) is 0 Å². The van der Waals surface area contributed by atoms with E-state index >= 15 is 0 Å². The Hall–Kier alpha value is -3.07. The van der Waals surface area contributed by atoms with Gasteiger partial charge in [-0.2, -0.15) is 5.10 Å². The molecule has 3 heteroatoms. The first-order valence-corrected chi connectivity index (χ1v) is 9.47. The van der Waals surface area contributed by atoms with Gasteiger partial charge in [-0.3, -0.25) is 0 Å². The Labute approximate surface area is 159 Å². The molecule has 2 aliphatic heterocycles. The smallest absolute Gasteiger partial charge is 0.199 e. The summed E-state index contributed by atoms with van der Waals surface area (Å²) in [6, 6.07) is 29.6. The molecular weight excluding hydrogens is 332 g/mol. The number of fused-ring (bicyclic) bond motifs is 3. The highest BCUT2D eigenvalue weighted by atomic mass is 16.5. The van der Waals surface area contributed by atoms with E-state index in [1.54, 1.807) is 0 Å². The number of nitrogens with zero attached hydrogens (tertiary/aromatic N) is 2. The number of hydrogen-bond donors (Lipinski definition) is 0. The number of para-hydroxylation sites is 1. The van der Waals surface area contributed by atoms with Crippen LogP contribution in [0.2, 0.25) is 0 Å². The van der Waals surface area contributed by atoms with Crippen LogP contribution in [0, 0.1) is 0 Å². The largest absolute Gasteiger partial charge is 0.466 e. The van der Waals surface area contributed by atoms with E-state index in [0.29, 0.717) is 0 Å². The molecule has 0 N–H and O–H groups in total. The molecule has 27 heavy (non-hydrogen) atoms. The summed E-state index contributed by atoms with van der Waals surface area (Å²) < 4.78 is 6.54. The van der Waals surface area contributed by atoms with E-state index in [-0.39, 0.29) is 6.04 Å². The minimum Gasteiger partial charge on any atom is -0.466 e. The molecule has 0 aromatic heterocycles. The highest BCUT2D eigenvalue weighted by Gasteiger charge is 2.47. The van der Waals surface area contributed by atoms with Crippen LogP contribution in [0.3, 0.4) is 0 Å². The van der Waals surface area contributed by atoms with Crippen LogP contribution in [0.15, 0.2) is 90.0 Å². The molecule has 0 fully saturated rings. The molecule has 0 saturated heterocycles. The highest BCUT2D eigenvalue weighted by Crippen LogP contribution is 2.47. The van der Waals surface area contributed by atoms with Crippen molar-refractivity contribution in [2.24, 2.45) is 5.10 Å². The lowest BCUT2D eigenvalue weighted by molar-refractivity contribution is -0.105. The zero-order valence-electron chi connectivity index (χ0n) is 15.4. The van der Waals surface area contributed by atoms with Crippen LogP contribution in [0.1, 0.15) is 36.1 Å². The number of rotatable bonds is 3. The van der Waals surface area contributed by atoms with Crippen molar-refractivity contribution < 1.29 is 4.74 Å². The van der Waals surface area contributed by atoms with Gasteiger partial charge < -0.3 is 4.74 Å². The van der Waals surface area contributed by atoms with Crippen molar-refractivity contribution in [3.05, 3.63) is 102 Å². The fraction of sp³-hybridized carbons (Fsp3) is 0.208. The van der Waals surface area contributed by atoms with Gasteiger partial charge >= 0.3 is 0 Å². The number of benzene rings is 3. The number of ether oxygens (including phenoxy) is 1. The first-order chi connectivity index (χ1) is 13.2. The molecule has 0 aliphatic carbocycles. The Bertz CT molecular complexity index is 984. The lowest BCUT2D eigenvalue weighted by Gasteiger charge is -2.46. The Morgan fingerprint density at radius 2 is 1.59 bits per heavy atom. The van der Waals surface area contributed by atoms with Crippen LogP contribution in [-0.4, -0.2) is 16.4 Å². The highest BCUT2D eigenvalue weighted by molar-refractivity contribution is 6.01. The third kappa shape index (κ3) is 2.80. The minimum absolute atomic E-state index is 0.207. The summed E-state index contributed by atoms with van der Waals surface area (Å²) in [4.78, 5) is 0. The normalized spacial score (nSPS) is 23.2. The van der Waals surface area contributed by atoms with Crippen LogP contribution in [0.5, 0.6) is 5.75 Å². The maximum Gasteiger partial charge on any atom is 0.199 e. The van der Waals surface area contributed by atoms with Gasteiger partial charge in [0.05, 0.1) is 11.8 Å². The predicted octanol–water partition coefficient (Wildman–Crippen LogP) is 5.19. The molecule has 0 radical (unpaired) electrons. The first-order valence-electron chi connectivity index (χ1n) is 9.47. The van der Waals surface area contributed by atoms with Crippen molar-refractivity contribution >= 4 is 5.71 Å². The van der Waals surface area contributed by atoms with Crippen molar-refractivity contribution in [1.82, 2.24) is 5.01 Å². The molecule has 0 bridgehead atoms. The molecule has 5 rings (SSSR count). The second-order valence-electron chi connectivity index (χ2n) is 7.45. The summed E-state index contributed by atoms with van der Waals surface area (Å²) in [5, 5.41) is 7.24. The average molecular weight is 354 g/mol. The topological polar surface area (TPSA) is 24.8 Å². The maximum absolute atomic E-state index is 6.54. The summed E-state index contributed by atoms with van der Waals surface area (Å²) in [6.07, 6.45) is 1.68. The van der Waals surface area contributed by atoms with Gasteiger partial charge in [-0.25, -0.2) is 5.01 Å². The predicted molar refractivity (Wildman–Crippen MR) is 108 cm³/mol. The van der Waals surface area contributed by atoms with Crippen molar-refractivity contribution in [3.63, 3.8) is 0 Å². The van der Waals surface area contributed by atoms with Gasteiger partial charge in [0.15, 0.2) is 5.72 Å². The van der Waals surface area contributed by atoms with Crippen LogP contribution >= 0.6 is 0 Å². The van der Waals surface area contributed by atoms with Crippen molar-refractivity contribution in [1.29, 1.82) is 0 Å². The second kappa shape index (κ2) is 6.27. The standard InChI is InChI=1S/C24H22N2O/c1-24(17-18-10-4-2-5-11-18)26-22(20-14-8-9-15-23(20)27-24)16-21(25-26)19-12-6-3-7-13-19/h2-15,22H,16-17H2,1H3/t22-,24+/m0/s1. The lowest BCUT2D eigenvalue weighted by atomic mass is 9.93. The number of hydrazone groups is 1. The summed E-state index contributed by atoms with van der Waals surface area (Å²) in [5.74, 6) is 0.974. The Morgan fingerprint density at radius 3 is 2.37 bits per heavy atom. The quantitative estimate of drug-likeness (QED) is 0.647. The SMILES string of the molecule is C[C@]1(Cc2ccccc2)Oc2ccccc2[C@@H]2CC(c3ccccc3)=NN21. The molecule has 134 valence electrons. The molecule has 0 spiro atoms. The third-order valence-electron chi connectivity index (χ3n) is 5.48. The maximum atomic E-state index is 6.54. The van der Waals surface area contributed by atoms with E-state index in [9.17, 15) is 0 Å². The third-order valence-corrected chi connectivity index (χ3v) is 5.48. The molecule has 3 nitrogen and oxygen atoms in total. The van der Waals surface area contributed by atoms with E-state index in [2.05, 4.69) is 78.7 Å². The van der Waals surface area contributed by atoms with Gasteiger partial charge in [0.2, 0.25) is 0 Å². The van der Waals surface area contributed by atoms with Gasteiger partial charge in [-0.05, 0) is 24.1 Å². The second-order valence-corrected chi connectivity index (χ2v) is 7.45. The Balaban J connectivity index is 1.58. The Kier molecular flexibility index (Phi) is 3.75. The van der Waals surface area contributed by atoms with E-state index in [1.807, 2.05) is 18.2 Å². The van der Waals surface area contributed by atoms with Gasteiger partial charge in [-0.15, -0.1) is 0 Å². The molecule has 3 aromatic carbocycles. The summed E-state index contributed by atoms with van der Waals surface area (Å²) in [6.45, 7) is 2.15. The Morgan fingerprint density at radius 1 is 0.926 bits per heavy atom. The molecule has 3 aromatic rings. The summed E-state index contributed by atoms with van der Waals surface area (Å²) in [7, 11) is 0. The van der Waals surface area contributed by atoms with E-state index in [4.69, 9.17) is 9.84 Å². The molecule has 0 unspecified atom stereocenters. The molecule has 0 amide bonds. The number of hydrogen-bond acceptors (Lipinski definition) is 3. The van der Waals surface area contributed by atoms with Crippen LogP contribution in [-0.2, 0) is 6.42 Å². The molecule has 2 atom stereocenters. The molecule has 0 saturated carbocycles. The van der Waals surface area contributed by atoms with Gasteiger partial charge in [-0.1, -0.05) is 78.9 Å². The van der Waals surface area contributed by atoms with Gasteiger partial charge in [0.25, 0.3) is 0 Å². The zero-order chi connectivity index (χ0) is 18.3. The first kappa shape index (κ1) is 16.1. The summed E-state index contributed by atoms with van der Waals surface area (Å²) >= 11 is 0. The monoisotopic (exact) mass is 354 g/mol. The van der Waals surface area contributed by atoms with Gasteiger partial charge in [0, 0.05) is 18.4 Å². The lowest BCUT2D eigenvalue weighted by Crippen LogP contribution is -2.52. The summed E-state index contributed by atoms with van der Waals surface area (Å²) in [5.41, 5.74) is 4.27. The minimum atomic E-state index is -0.517. The fourth-order valence-electron chi connectivity index (χ4n) is 4.22.